The number of nitrogens with zero attached hydrogens (tertiary/aromatic N) is 2. The number of para-hydroxylation sites is 1. The third-order valence-electron chi connectivity index (χ3n) is 2.39. The molecule has 0 atom stereocenters. The quantitative estimate of drug-likeness (QED) is 0.843. The van der Waals surface area contributed by atoms with Gasteiger partial charge in [-0.05, 0) is 24.3 Å². The van der Waals surface area contributed by atoms with Gasteiger partial charge in [0.2, 0.25) is 0 Å². The molecule has 0 unspecified atom stereocenters. The van der Waals surface area contributed by atoms with E-state index in [0.29, 0.717) is 5.69 Å². The van der Waals surface area contributed by atoms with E-state index in [0.717, 1.165) is 0 Å². The van der Waals surface area contributed by atoms with Gasteiger partial charge < -0.3 is 10.1 Å². The lowest BCUT2D eigenvalue weighted by Gasteiger charge is -2.08. The van der Waals surface area contributed by atoms with Crippen LogP contribution in [0.2, 0.25) is 0 Å². The van der Waals surface area contributed by atoms with Gasteiger partial charge in [-0.3, -0.25) is 4.79 Å². The van der Waals surface area contributed by atoms with Gasteiger partial charge in [-0.15, -0.1) is 5.10 Å². The zero-order valence-electron chi connectivity index (χ0n) is 10.2. The first-order valence-corrected chi connectivity index (χ1v) is 5.49. The monoisotopic (exact) mass is 257 g/mol. The van der Waals surface area contributed by atoms with E-state index in [1.54, 1.807) is 30.3 Å². The smallest absolute Gasteiger partial charge is 0.339 e. The zero-order valence-corrected chi connectivity index (χ0v) is 10.2. The molecule has 0 fully saturated rings. The molecule has 96 valence electrons. The van der Waals surface area contributed by atoms with Crippen LogP contribution in [0.15, 0.2) is 42.6 Å². The molecule has 6 nitrogen and oxygen atoms in total. The van der Waals surface area contributed by atoms with Crippen molar-refractivity contribution in [2.75, 3.05) is 12.4 Å². The number of benzene rings is 1. The van der Waals surface area contributed by atoms with Crippen molar-refractivity contribution in [3.63, 3.8) is 0 Å². The minimum Gasteiger partial charge on any atom is -0.465 e. The molecule has 1 aromatic heterocycles. The van der Waals surface area contributed by atoms with Crippen LogP contribution in [0.3, 0.4) is 0 Å². The van der Waals surface area contributed by atoms with Crippen LogP contribution in [-0.4, -0.2) is 29.2 Å². The molecule has 0 saturated heterocycles. The van der Waals surface area contributed by atoms with E-state index in [2.05, 4.69) is 20.3 Å². The average molecular weight is 257 g/mol. The number of amides is 1. The third kappa shape index (κ3) is 2.92. The molecule has 0 aliphatic carbocycles. The molecule has 0 aliphatic heterocycles. The molecule has 1 heterocycles. The maximum Gasteiger partial charge on any atom is 0.339 e. The molecule has 19 heavy (non-hydrogen) atoms. The van der Waals surface area contributed by atoms with Crippen LogP contribution < -0.4 is 5.32 Å². The molecule has 1 amide bonds. The normalized spacial score (nSPS) is 9.74. The molecule has 6 heteroatoms. The molecule has 2 aromatic rings. The van der Waals surface area contributed by atoms with E-state index in [9.17, 15) is 9.59 Å². The Labute approximate surface area is 109 Å². The van der Waals surface area contributed by atoms with Crippen LogP contribution in [0.5, 0.6) is 0 Å². The number of esters is 1. The van der Waals surface area contributed by atoms with Gasteiger partial charge in [0.1, 0.15) is 0 Å². The fourth-order valence-corrected chi connectivity index (χ4v) is 1.49. The summed E-state index contributed by atoms with van der Waals surface area (Å²) < 4.78 is 4.65. The highest BCUT2D eigenvalue weighted by molar-refractivity contribution is 6.06. The number of aromatic nitrogens is 2. The second kappa shape index (κ2) is 5.72. The summed E-state index contributed by atoms with van der Waals surface area (Å²) >= 11 is 0. The molecule has 0 saturated carbocycles. The van der Waals surface area contributed by atoms with Crippen molar-refractivity contribution in [1.82, 2.24) is 10.2 Å². The van der Waals surface area contributed by atoms with Gasteiger partial charge in [0.15, 0.2) is 5.69 Å². The topological polar surface area (TPSA) is 81.2 Å². The van der Waals surface area contributed by atoms with Gasteiger partial charge in [0, 0.05) is 6.20 Å². The minimum absolute atomic E-state index is 0.169. The molecule has 2 rings (SSSR count). The van der Waals surface area contributed by atoms with Gasteiger partial charge in [-0.2, -0.15) is 5.10 Å². The zero-order chi connectivity index (χ0) is 13.7. The first-order valence-electron chi connectivity index (χ1n) is 5.49. The van der Waals surface area contributed by atoms with Crippen LogP contribution in [0.4, 0.5) is 5.69 Å². The summed E-state index contributed by atoms with van der Waals surface area (Å²) in [5.41, 5.74) is 0.814. The molecular weight excluding hydrogens is 246 g/mol. The summed E-state index contributed by atoms with van der Waals surface area (Å²) in [7, 11) is 1.28. The number of nitrogens with one attached hydrogen (secondary N) is 1. The molecule has 0 spiro atoms. The first-order chi connectivity index (χ1) is 9.22. The fourth-order valence-electron chi connectivity index (χ4n) is 1.49. The highest BCUT2D eigenvalue weighted by Gasteiger charge is 2.14. The molecular formula is C13H11N3O3. The van der Waals surface area contributed by atoms with Gasteiger partial charge in [-0.25, -0.2) is 4.79 Å². The number of carbonyl (C=O) groups excluding carboxylic acids is 2. The van der Waals surface area contributed by atoms with Crippen molar-refractivity contribution in [1.29, 1.82) is 0 Å². The number of hydrogen-bond acceptors (Lipinski definition) is 5. The maximum absolute atomic E-state index is 11.9. The Kier molecular flexibility index (Phi) is 3.82. The Bertz CT molecular complexity index is 599. The molecule has 0 aliphatic rings. The van der Waals surface area contributed by atoms with E-state index in [1.165, 1.54) is 19.4 Å². The number of rotatable bonds is 3. The lowest BCUT2D eigenvalue weighted by molar-refractivity contribution is 0.0602. The van der Waals surface area contributed by atoms with Gasteiger partial charge in [-0.1, -0.05) is 12.1 Å². The van der Waals surface area contributed by atoms with Crippen LogP contribution in [0, 0.1) is 0 Å². The van der Waals surface area contributed by atoms with Crippen LogP contribution in [0.1, 0.15) is 20.8 Å². The molecule has 0 radical (unpaired) electrons. The highest BCUT2D eigenvalue weighted by atomic mass is 16.5. The maximum atomic E-state index is 11.9. The largest absolute Gasteiger partial charge is 0.465 e. The van der Waals surface area contributed by atoms with E-state index >= 15 is 0 Å². The number of carbonyl (C=O) groups is 2. The molecule has 1 N–H and O–H groups in total. The SMILES string of the molecule is COC(=O)c1ccccc1NC(=O)c1cccnn1. The number of ether oxygens (including phenoxy) is 1. The number of anilines is 1. The van der Waals surface area contributed by atoms with Gasteiger partial charge in [0.05, 0.1) is 18.4 Å². The van der Waals surface area contributed by atoms with Crippen molar-refractivity contribution in [2.45, 2.75) is 0 Å². The second-order valence-electron chi connectivity index (χ2n) is 3.60. The van der Waals surface area contributed by atoms with E-state index in [-0.39, 0.29) is 11.3 Å². The summed E-state index contributed by atoms with van der Waals surface area (Å²) in [5, 5.41) is 9.91. The summed E-state index contributed by atoms with van der Waals surface area (Å²) in [4.78, 5) is 23.5. The van der Waals surface area contributed by atoms with Crippen LogP contribution in [0.25, 0.3) is 0 Å². The minimum atomic E-state index is -0.518. The highest BCUT2D eigenvalue weighted by Crippen LogP contribution is 2.16. The lowest BCUT2D eigenvalue weighted by atomic mass is 10.1. The molecule has 0 bridgehead atoms. The predicted molar refractivity (Wildman–Crippen MR) is 67.8 cm³/mol. The van der Waals surface area contributed by atoms with Gasteiger partial charge in [0.25, 0.3) is 5.91 Å². The fraction of sp³-hybridized carbons (Fsp3) is 0.0769. The Balaban J connectivity index is 2.25. The standard InChI is InChI=1S/C13H11N3O3/c1-19-13(18)9-5-2-3-6-10(9)15-12(17)11-7-4-8-14-16-11/h2-8H,1H3,(H,15,17). The first kappa shape index (κ1) is 12.7. The predicted octanol–water partition coefficient (Wildman–Crippen LogP) is 1.52. The third-order valence-corrected chi connectivity index (χ3v) is 2.39. The number of hydrogen-bond donors (Lipinski definition) is 1. The summed E-state index contributed by atoms with van der Waals surface area (Å²) in [6, 6.07) is 9.71. The Morgan fingerprint density at radius 2 is 1.95 bits per heavy atom. The van der Waals surface area contributed by atoms with Crippen LogP contribution >= 0.6 is 0 Å². The Morgan fingerprint density at radius 1 is 1.16 bits per heavy atom. The molecule has 1 aromatic carbocycles. The Hall–Kier alpha value is -2.76. The number of methoxy groups -OCH3 is 1. The van der Waals surface area contributed by atoms with E-state index in [1.807, 2.05) is 0 Å². The Morgan fingerprint density at radius 3 is 2.63 bits per heavy atom. The van der Waals surface area contributed by atoms with Crippen LogP contribution in [-0.2, 0) is 4.74 Å². The van der Waals surface area contributed by atoms with Crippen molar-refractivity contribution >= 4 is 17.6 Å². The second-order valence-corrected chi connectivity index (χ2v) is 3.60. The van der Waals surface area contributed by atoms with Crippen molar-refractivity contribution in [2.24, 2.45) is 0 Å². The van der Waals surface area contributed by atoms with Crippen molar-refractivity contribution < 1.29 is 14.3 Å². The summed E-state index contributed by atoms with van der Waals surface area (Å²) in [6.07, 6.45) is 1.47. The van der Waals surface area contributed by atoms with Gasteiger partial charge >= 0.3 is 5.97 Å². The summed E-state index contributed by atoms with van der Waals surface area (Å²) in [6.45, 7) is 0. The van der Waals surface area contributed by atoms with E-state index < -0.39 is 11.9 Å². The van der Waals surface area contributed by atoms with Crippen molar-refractivity contribution in [3.05, 3.63) is 53.9 Å². The van der Waals surface area contributed by atoms with Crippen molar-refractivity contribution in [3.8, 4) is 0 Å². The summed E-state index contributed by atoms with van der Waals surface area (Å²) in [5.74, 6) is -0.959. The van der Waals surface area contributed by atoms with E-state index in [4.69, 9.17) is 0 Å². The average Bonchev–Trinajstić information content (AvgIpc) is 2.48. The lowest BCUT2D eigenvalue weighted by Crippen LogP contribution is -2.16.